The van der Waals surface area contributed by atoms with Crippen LogP contribution in [0.1, 0.15) is 16.2 Å². The molecule has 1 aromatic heterocycles. The molecule has 1 amide bonds. The second kappa shape index (κ2) is 9.36. The van der Waals surface area contributed by atoms with Gasteiger partial charge in [-0.1, -0.05) is 6.07 Å². The molecule has 1 fully saturated rings. The first-order valence-corrected chi connectivity index (χ1v) is 9.51. The Labute approximate surface area is 165 Å². The van der Waals surface area contributed by atoms with Crippen LogP contribution < -0.4 is 20.4 Å². The standard InChI is InChI=1S/C20H28N6O2/c1-15-23-18(14-19(24-15)26-9-11-28-12-10-26)21-7-8-22-20(27)16-5-4-6-17(13-16)25(2)3/h4-6,13-14H,7-12H2,1-3H3,(H,22,27)(H,21,23,24). The quantitative estimate of drug-likeness (QED) is 0.701. The number of aromatic nitrogens is 2. The Balaban J connectivity index is 1.51. The van der Waals surface area contributed by atoms with Crippen LogP contribution in [0.3, 0.4) is 0 Å². The van der Waals surface area contributed by atoms with Crippen molar-refractivity contribution in [2.75, 3.05) is 68.6 Å². The van der Waals surface area contributed by atoms with Crippen LogP contribution in [0.25, 0.3) is 0 Å². The second-order valence-corrected chi connectivity index (χ2v) is 6.89. The molecule has 1 aliphatic rings. The van der Waals surface area contributed by atoms with Crippen LogP contribution >= 0.6 is 0 Å². The van der Waals surface area contributed by atoms with Gasteiger partial charge in [0.1, 0.15) is 17.5 Å². The van der Waals surface area contributed by atoms with E-state index in [1.54, 1.807) is 0 Å². The third-order valence-electron chi connectivity index (χ3n) is 4.50. The highest BCUT2D eigenvalue weighted by molar-refractivity contribution is 5.95. The van der Waals surface area contributed by atoms with Gasteiger partial charge in [0, 0.05) is 57.6 Å². The van der Waals surface area contributed by atoms with E-state index in [9.17, 15) is 4.79 Å². The van der Waals surface area contributed by atoms with Crippen molar-refractivity contribution in [1.29, 1.82) is 0 Å². The van der Waals surface area contributed by atoms with E-state index in [1.807, 2.05) is 56.3 Å². The van der Waals surface area contributed by atoms with Crippen molar-refractivity contribution >= 4 is 23.2 Å². The Kier molecular flexibility index (Phi) is 6.65. The summed E-state index contributed by atoms with van der Waals surface area (Å²) in [5.74, 6) is 2.30. The van der Waals surface area contributed by atoms with Crippen molar-refractivity contribution < 1.29 is 9.53 Å². The molecule has 0 unspecified atom stereocenters. The van der Waals surface area contributed by atoms with Crippen molar-refractivity contribution in [3.8, 4) is 0 Å². The molecule has 2 aromatic rings. The zero-order valence-electron chi connectivity index (χ0n) is 16.7. The number of carbonyl (C=O) groups excluding carboxylic acids is 1. The molecule has 28 heavy (non-hydrogen) atoms. The first-order valence-electron chi connectivity index (χ1n) is 9.51. The molecule has 1 saturated heterocycles. The van der Waals surface area contributed by atoms with Gasteiger partial charge in [-0.3, -0.25) is 4.79 Å². The van der Waals surface area contributed by atoms with E-state index in [1.165, 1.54) is 0 Å². The van der Waals surface area contributed by atoms with E-state index >= 15 is 0 Å². The van der Waals surface area contributed by atoms with Gasteiger partial charge in [0.25, 0.3) is 5.91 Å². The number of nitrogens with one attached hydrogen (secondary N) is 2. The number of morpholine rings is 1. The molecule has 0 saturated carbocycles. The Bertz CT molecular complexity index is 805. The number of nitrogens with zero attached hydrogens (tertiary/aromatic N) is 4. The number of amides is 1. The molecule has 0 radical (unpaired) electrons. The van der Waals surface area contributed by atoms with Crippen molar-refractivity contribution in [3.63, 3.8) is 0 Å². The third kappa shape index (κ3) is 5.32. The molecule has 1 aromatic carbocycles. The highest BCUT2D eigenvalue weighted by Crippen LogP contribution is 2.17. The van der Waals surface area contributed by atoms with Crippen molar-refractivity contribution in [1.82, 2.24) is 15.3 Å². The average molecular weight is 384 g/mol. The normalized spacial score (nSPS) is 13.9. The van der Waals surface area contributed by atoms with Gasteiger partial charge in [-0.2, -0.15) is 0 Å². The highest BCUT2D eigenvalue weighted by Gasteiger charge is 2.14. The lowest BCUT2D eigenvalue weighted by Crippen LogP contribution is -2.37. The lowest BCUT2D eigenvalue weighted by atomic mass is 10.2. The predicted molar refractivity (Wildman–Crippen MR) is 111 cm³/mol. The van der Waals surface area contributed by atoms with Gasteiger partial charge >= 0.3 is 0 Å². The summed E-state index contributed by atoms with van der Waals surface area (Å²) in [6.07, 6.45) is 0. The van der Waals surface area contributed by atoms with Crippen molar-refractivity contribution in [2.45, 2.75) is 6.92 Å². The zero-order chi connectivity index (χ0) is 19.9. The van der Waals surface area contributed by atoms with Crippen LogP contribution in [0.2, 0.25) is 0 Å². The van der Waals surface area contributed by atoms with Crippen molar-refractivity contribution in [3.05, 3.63) is 41.7 Å². The summed E-state index contributed by atoms with van der Waals surface area (Å²) in [7, 11) is 3.91. The van der Waals surface area contributed by atoms with Gasteiger partial charge in [-0.15, -0.1) is 0 Å². The van der Waals surface area contributed by atoms with Crippen LogP contribution in [0.5, 0.6) is 0 Å². The molecule has 2 N–H and O–H groups in total. The van der Waals surface area contributed by atoms with E-state index in [0.29, 0.717) is 31.9 Å². The van der Waals surface area contributed by atoms with E-state index in [0.717, 1.165) is 36.2 Å². The first kappa shape index (κ1) is 19.9. The van der Waals surface area contributed by atoms with Gasteiger partial charge in [0.05, 0.1) is 13.2 Å². The fourth-order valence-corrected chi connectivity index (χ4v) is 2.99. The Morgan fingerprint density at radius 3 is 2.71 bits per heavy atom. The molecule has 0 bridgehead atoms. The fourth-order valence-electron chi connectivity index (χ4n) is 2.99. The fraction of sp³-hybridized carbons (Fsp3) is 0.450. The monoisotopic (exact) mass is 384 g/mol. The van der Waals surface area contributed by atoms with Gasteiger partial charge in [0.15, 0.2) is 0 Å². The zero-order valence-corrected chi connectivity index (χ0v) is 16.7. The van der Waals surface area contributed by atoms with E-state index in [-0.39, 0.29) is 5.91 Å². The molecule has 2 heterocycles. The maximum absolute atomic E-state index is 12.3. The maximum Gasteiger partial charge on any atom is 0.251 e. The molecule has 0 spiro atoms. The maximum atomic E-state index is 12.3. The molecule has 8 nitrogen and oxygen atoms in total. The molecular weight excluding hydrogens is 356 g/mol. The van der Waals surface area contributed by atoms with E-state index in [2.05, 4.69) is 25.5 Å². The second-order valence-electron chi connectivity index (χ2n) is 6.89. The summed E-state index contributed by atoms with van der Waals surface area (Å²) in [6, 6.07) is 9.51. The molecular formula is C20H28N6O2. The number of rotatable bonds is 7. The van der Waals surface area contributed by atoms with E-state index in [4.69, 9.17) is 4.74 Å². The summed E-state index contributed by atoms with van der Waals surface area (Å²) in [6.45, 7) is 6.06. The van der Waals surface area contributed by atoms with Crippen LogP contribution in [0, 0.1) is 6.92 Å². The topological polar surface area (TPSA) is 82.6 Å². The number of ether oxygens (including phenoxy) is 1. The molecule has 150 valence electrons. The number of aryl methyl sites for hydroxylation is 1. The van der Waals surface area contributed by atoms with Crippen molar-refractivity contribution in [2.24, 2.45) is 0 Å². The lowest BCUT2D eigenvalue weighted by Gasteiger charge is -2.28. The van der Waals surface area contributed by atoms with Gasteiger partial charge in [0.2, 0.25) is 0 Å². The highest BCUT2D eigenvalue weighted by atomic mass is 16.5. The molecule has 0 aliphatic carbocycles. The summed E-state index contributed by atoms with van der Waals surface area (Å²) in [5, 5.41) is 6.21. The summed E-state index contributed by atoms with van der Waals surface area (Å²) in [5.41, 5.74) is 1.65. The Morgan fingerprint density at radius 2 is 1.96 bits per heavy atom. The summed E-state index contributed by atoms with van der Waals surface area (Å²) >= 11 is 0. The van der Waals surface area contributed by atoms with Gasteiger partial charge in [-0.25, -0.2) is 9.97 Å². The number of hydrogen-bond acceptors (Lipinski definition) is 7. The summed E-state index contributed by atoms with van der Waals surface area (Å²) in [4.78, 5) is 25.5. The molecule has 0 atom stereocenters. The molecule has 1 aliphatic heterocycles. The van der Waals surface area contributed by atoms with E-state index < -0.39 is 0 Å². The largest absolute Gasteiger partial charge is 0.378 e. The average Bonchev–Trinajstić information content (AvgIpc) is 2.71. The number of hydrogen-bond donors (Lipinski definition) is 2. The minimum absolute atomic E-state index is 0.0848. The van der Waals surface area contributed by atoms with Crippen LogP contribution in [-0.2, 0) is 4.74 Å². The van der Waals surface area contributed by atoms with Crippen LogP contribution in [-0.4, -0.2) is 69.4 Å². The lowest BCUT2D eigenvalue weighted by molar-refractivity contribution is 0.0955. The van der Waals surface area contributed by atoms with Crippen LogP contribution in [0.15, 0.2) is 30.3 Å². The minimum Gasteiger partial charge on any atom is -0.378 e. The number of carbonyl (C=O) groups is 1. The SMILES string of the molecule is Cc1nc(NCCNC(=O)c2cccc(N(C)C)c2)cc(N2CCOCC2)n1. The predicted octanol–water partition coefficient (Wildman–Crippen LogP) is 1.53. The number of anilines is 3. The summed E-state index contributed by atoms with van der Waals surface area (Å²) < 4.78 is 5.40. The number of benzene rings is 1. The van der Waals surface area contributed by atoms with Crippen LogP contribution in [0.4, 0.5) is 17.3 Å². The third-order valence-corrected chi connectivity index (χ3v) is 4.50. The molecule has 3 rings (SSSR count). The van der Waals surface area contributed by atoms with Gasteiger partial charge < -0.3 is 25.2 Å². The van der Waals surface area contributed by atoms with Gasteiger partial charge in [-0.05, 0) is 25.1 Å². The first-order chi connectivity index (χ1) is 13.5. The Hall–Kier alpha value is -2.87. The smallest absolute Gasteiger partial charge is 0.251 e. The molecule has 8 heteroatoms. The minimum atomic E-state index is -0.0848. The Morgan fingerprint density at radius 1 is 1.18 bits per heavy atom.